The van der Waals surface area contributed by atoms with E-state index >= 15 is 0 Å². The van der Waals surface area contributed by atoms with Crippen molar-refractivity contribution in [3.05, 3.63) is 0 Å². The van der Waals surface area contributed by atoms with Gasteiger partial charge in [-0.3, -0.25) is 9.59 Å². The van der Waals surface area contributed by atoms with Crippen molar-refractivity contribution in [2.75, 3.05) is 52.9 Å². The minimum Gasteiger partial charge on any atom is -0.481 e. The van der Waals surface area contributed by atoms with Crippen LogP contribution < -0.4 is 0 Å². The second-order valence-electron chi connectivity index (χ2n) is 9.76. The lowest BCUT2D eigenvalue weighted by Gasteiger charge is -2.45. The molecule has 0 atom stereocenters. The molecule has 0 aromatic heterocycles. The van der Waals surface area contributed by atoms with Crippen molar-refractivity contribution in [2.45, 2.75) is 124 Å². The minimum atomic E-state index is -2.88. The number of carbonyl (C=O) groups is 2. The van der Waals surface area contributed by atoms with Crippen LogP contribution in [0.15, 0.2) is 0 Å². The molecule has 11 nitrogen and oxygen atoms in total. The Morgan fingerprint density at radius 1 is 0.500 bits per heavy atom. The fourth-order valence-corrected chi connectivity index (χ4v) is 12.6. The van der Waals surface area contributed by atoms with Crippen molar-refractivity contribution < 1.29 is 51.1 Å². The Kier molecular flexibility index (Phi) is 24.2. The van der Waals surface area contributed by atoms with Crippen LogP contribution in [-0.2, 0) is 40.9 Å². The summed E-state index contributed by atoms with van der Waals surface area (Å²) < 4.78 is 44.3. The van der Waals surface area contributed by atoms with E-state index in [4.69, 9.17) is 41.5 Å². The van der Waals surface area contributed by atoms with Gasteiger partial charge in [0.2, 0.25) is 0 Å². The first-order valence-electron chi connectivity index (χ1n) is 15.8. The third-order valence-corrected chi connectivity index (χ3v) is 16.3. The third-order valence-electron chi connectivity index (χ3n) is 7.76. The Balaban J connectivity index is 0. The number of carboxylic acids is 2. The van der Waals surface area contributed by atoms with Gasteiger partial charge in [-0.05, 0) is 80.1 Å². The molecule has 0 aliphatic carbocycles. The van der Waals surface area contributed by atoms with Gasteiger partial charge in [0.15, 0.2) is 0 Å². The van der Waals surface area contributed by atoms with Crippen LogP contribution in [0, 0.1) is 0 Å². The second kappa shape index (κ2) is 23.5. The van der Waals surface area contributed by atoms with Gasteiger partial charge in [0.1, 0.15) is 6.42 Å². The number of aliphatic carboxylic acids is 2. The standard InChI is InChI=1S/C26H58O7Si2.C3H4O4/c1-11-25(12-2,34(28-15-5,29-16-6)30-17-7)21-23-27-24-22-26(13-3,14-4)35(31-18-8,32-19-9)33-20-10;4-2(5)1-3(6)7/h11-24H2,1-10H3;1H2,(H,4,5)(H,6,7). The molecule has 0 unspecified atom stereocenters. The summed E-state index contributed by atoms with van der Waals surface area (Å²) in [7, 11) is -5.76. The molecule has 0 saturated heterocycles. The van der Waals surface area contributed by atoms with E-state index in [9.17, 15) is 9.59 Å². The molecular weight excluding hydrogens is 580 g/mol. The summed E-state index contributed by atoms with van der Waals surface area (Å²) in [5.41, 5.74) is 0. The van der Waals surface area contributed by atoms with Crippen LogP contribution in [-0.4, -0.2) is 92.6 Å². The average molecular weight is 643 g/mol. The van der Waals surface area contributed by atoms with E-state index in [1.807, 2.05) is 41.5 Å². The van der Waals surface area contributed by atoms with Gasteiger partial charge in [-0.25, -0.2) is 0 Å². The SMILES string of the molecule is CCO[Si](OCC)(OCC)C(CC)(CC)CCOCCC(CC)(CC)[Si](OCC)(OCC)OCC.O=C(O)CC(=O)O. The molecule has 2 N–H and O–H groups in total. The lowest BCUT2D eigenvalue weighted by molar-refractivity contribution is -0.147. The summed E-state index contributed by atoms with van der Waals surface area (Å²) in [5.74, 6) is -2.62. The van der Waals surface area contributed by atoms with Crippen molar-refractivity contribution in [1.29, 1.82) is 0 Å². The molecule has 0 heterocycles. The molecule has 0 aliphatic heterocycles. The monoisotopic (exact) mass is 642 g/mol. The third kappa shape index (κ3) is 12.6. The zero-order valence-electron chi connectivity index (χ0n) is 28.2. The van der Waals surface area contributed by atoms with E-state index in [0.717, 1.165) is 38.5 Å². The minimum absolute atomic E-state index is 0.165. The molecule has 0 saturated carbocycles. The molecule has 0 rings (SSSR count). The van der Waals surface area contributed by atoms with Crippen LogP contribution in [0.3, 0.4) is 0 Å². The van der Waals surface area contributed by atoms with E-state index < -0.39 is 36.0 Å². The zero-order valence-corrected chi connectivity index (χ0v) is 30.2. The summed E-state index contributed by atoms with van der Waals surface area (Å²) in [6, 6.07) is 0. The number of hydrogen-bond acceptors (Lipinski definition) is 9. The van der Waals surface area contributed by atoms with Gasteiger partial charge in [0, 0.05) is 62.9 Å². The van der Waals surface area contributed by atoms with Gasteiger partial charge < -0.3 is 41.5 Å². The van der Waals surface area contributed by atoms with Gasteiger partial charge in [-0.1, -0.05) is 27.7 Å². The van der Waals surface area contributed by atoms with Crippen LogP contribution in [0.5, 0.6) is 0 Å². The first-order chi connectivity index (χ1) is 19.9. The molecule has 13 heteroatoms. The van der Waals surface area contributed by atoms with Crippen molar-refractivity contribution in [3.63, 3.8) is 0 Å². The van der Waals surface area contributed by atoms with E-state index in [1.54, 1.807) is 0 Å². The number of carboxylic acid groups (broad SMARTS) is 2. The predicted molar refractivity (Wildman–Crippen MR) is 168 cm³/mol. The summed E-state index contributed by atoms with van der Waals surface area (Å²) >= 11 is 0. The molecular formula is C29H62O11Si2. The summed E-state index contributed by atoms with van der Waals surface area (Å²) in [4.78, 5) is 18.9. The molecule has 0 bridgehead atoms. The second-order valence-corrected chi connectivity index (χ2v) is 15.8. The van der Waals surface area contributed by atoms with E-state index in [-0.39, 0.29) is 10.1 Å². The van der Waals surface area contributed by atoms with Crippen molar-refractivity contribution >= 4 is 29.5 Å². The molecule has 42 heavy (non-hydrogen) atoms. The molecule has 0 fully saturated rings. The first-order valence-corrected chi connectivity index (χ1v) is 19.2. The lowest BCUT2D eigenvalue weighted by Crippen LogP contribution is -2.57. The molecule has 0 amide bonds. The average Bonchev–Trinajstić information content (AvgIpc) is 2.93. The van der Waals surface area contributed by atoms with Gasteiger partial charge in [-0.2, -0.15) is 0 Å². The Labute approximate surface area is 257 Å². The number of rotatable bonds is 26. The maximum absolute atomic E-state index is 9.43. The highest BCUT2D eigenvalue weighted by Crippen LogP contribution is 2.51. The van der Waals surface area contributed by atoms with E-state index in [2.05, 4.69) is 27.7 Å². The molecule has 0 radical (unpaired) electrons. The topological polar surface area (TPSA) is 139 Å². The van der Waals surface area contributed by atoms with Gasteiger partial charge >= 0.3 is 29.5 Å². The smallest absolute Gasteiger partial charge is 0.481 e. The van der Waals surface area contributed by atoms with Crippen molar-refractivity contribution in [3.8, 4) is 0 Å². The van der Waals surface area contributed by atoms with Crippen LogP contribution in [0.4, 0.5) is 0 Å². The predicted octanol–water partition coefficient (Wildman–Crippen LogP) is 6.55. The van der Waals surface area contributed by atoms with E-state index in [1.165, 1.54) is 0 Å². The highest BCUT2D eigenvalue weighted by Gasteiger charge is 2.60. The van der Waals surface area contributed by atoms with Gasteiger partial charge in [-0.15, -0.1) is 0 Å². The van der Waals surface area contributed by atoms with Crippen LogP contribution >= 0.6 is 0 Å². The maximum atomic E-state index is 9.43. The summed E-state index contributed by atoms with van der Waals surface area (Å²) in [6.07, 6.45) is 4.62. The Hall–Kier alpha value is -0.906. The summed E-state index contributed by atoms with van der Waals surface area (Å²) in [6.45, 7) is 25.8. The van der Waals surface area contributed by atoms with Gasteiger partial charge in [0.05, 0.1) is 0 Å². The largest absolute Gasteiger partial charge is 0.507 e. The first kappa shape index (κ1) is 43.2. The molecule has 0 spiro atoms. The number of hydrogen-bond donors (Lipinski definition) is 2. The highest BCUT2D eigenvalue weighted by molar-refractivity contribution is 6.64. The van der Waals surface area contributed by atoms with Gasteiger partial charge in [0.25, 0.3) is 0 Å². The van der Waals surface area contributed by atoms with Crippen molar-refractivity contribution in [2.24, 2.45) is 0 Å². The van der Waals surface area contributed by atoms with Crippen LogP contribution in [0.2, 0.25) is 10.1 Å². The van der Waals surface area contributed by atoms with Crippen molar-refractivity contribution in [1.82, 2.24) is 0 Å². The normalized spacial score (nSPS) is 12.6. The fraction of sp³-hybridized carbons (Fsp3) is 0.931. The van der Waals surface area contributed by atoms with Crippen LogP contribution in [0.1, 0.15) is 114 Å². The molecule has 252 valence electrons. The summed E-state index contributed by atoms with van der Waals surface area (Å²) in [5, 5.41) is 15.1. The fourth-order valence-electron chi connectivity index (χ4n) is 5.45. The Morgan fingerprint density at radius 2 is 0.738 bits per heavy atom. The Morgan fingerprint density at radius 3 is 0.881 bits per heavy atom. The quantitative estimate of drug-likeness (QED) is 0.0603. The van der Waals surface area contributed by atoms with Crippen LogP contribution in [0.25, 0.3) is 0 Å². The number of ether oxygens (including phenoxy) is 1. The Bertz CT molecular complexity index is 611. The highest BCUT2D eigenvalue weighted by atomic mass is 28.4. The molecule has 0 aromatic rings. The lowest BCUT2D eigenvalue weighted by atomic mass is 9.97. The zero-order chi connectivity index (χ0) is 32.7. The maximum Gasteiger partial charge on any atom is 0.507 e. The molecule has 0 aromatic carbocycles. The van der Waals surface area contributed by atoms with E-state index in [0.29, 0.717) is 52.9 Å². The molecule has 0 aliphatic rings.